The van der Waals surface area contributed by atoms with Gasteiger partial charge in [-0.25, -0.2) is 0 Å². The Morgan fingerprint density at radius 3 is 2.63 bits per heavy atom. The highest BCUT2D eigenvalue weighted by molar-refractivity contribution is 8.00. The van der Waals surface area contributed by atoms with Gasteiger partial charge in [0.05, 0.1) is 5.75 Å². The van der Waals surface area contributed by atoms with Gasteiger partial charge in [-0.2, -0.15) is 0 Å². The Morgan fingerprint density at radius 1 is 1.17 bits per heavy atom. The second-order valence-corrected chi connectivity index (χ2v) is 9.40. The third kappa shape index (κ3) is 4.88. The van der Waals surface area contributed by atoms with Crippen LogP contribution in [0.4, 0.5) is 10.8 Å². The highest BCUT2D eigenvalue weighted by Crippen LogP contribution is 2.35. The number of aryl methyl sites for hydroxylation is 2. The minimum absolute atomic E-state index is 0.0137. The second kappa shape index (κ2) is 8.97. The number of carbonyl (C=O) groups is 2. The van der Waals surface area contributed by atoms with Crippen molar-refractivity contribution in [2.24, 2.45) is 0 Å². The SMILES string of the molecule is Cc1cc(C)cc(N2CC(c3nnc(NC(=O)CSc4ccccc4)s3)CC2=O)c1. The molecule has 0 aliphatic carbocycles. The summed E-state index contributed by atoms with van der Waals surface area (Å²) in [6, 6.07) is 15.9. The van der Waals surface area contributed by atoms with E-state index >= 15 is 0 Å². The summed E-state index contributed by atoms with van der Waals surface area (Å²) in [7, 11) is 0. The third-order valence-electron chi connectivity index (χ3n) is 4.79. The highest BCUT2D eigenvalue weighted by atomic mass is 32.2. The van der Waals surface area contributed by atoms with Gasteiger partial charge < -0.3 is 4.90 Å². The van der Waals surface area contributed by atoms with Crippen molar-refractivity contribution in [2.45, 2.75) is 31.1 Å². The summed E-state index contributed by atoms with van der Waals surface area (Å²) in [4.78, 5) is 27.7. The zero-order valence-electron chi connectivity index (χ0n) is 16.8. The fraction of sp³-hybridized carbons (Fsp3) is 0.273. The number of hydrogen-bond donors (Lipinski definition) is 1. The first kappa shape index (κ1) is 20.6. The molecule has 1 fully saturated rings. The van der Waals surface area contributed by atoms with Gasteiger partial charge in [-0.3, -0.25) is 14.9 Å². The molecule has 1 aliphatic rings. The summed E-state index contributed by atoms with van der Waals surface area (Å²) in [6.07, 6.45) is 0.402. The number of hydrogen-bond acceptors (Lipinski definition) is 6. The lowest BCUT2D eigenvalue weighted by Gasteiger charge is -2.17. The predicted molar refractivity (Wildman–Crippen MR) is 121 cm³/mol. The molecule has 2 amide bonds. The van der Waals surface area contributed by atoms with Gasteiger partial charge in [0.2, 0.25) is 16.9 Å². The van der Waals surface area contributed by atoms with E-state index in [0.29, 0.717) is 23.8 Å². The van der Waals surface area contributed by atoms with Crippen LogP contribution < -0.4 is 10.2 Å². The van der Waals surface area contributed by atoms with Crippen LogP contribution in [-0.2, 0) is 9.59 Å². The van der Waals surface area contributed by atoms with E-state index in [-0.39, 0.29) is 17.7 Å². The number of nitrogens with one attached hydrogen (secondary N) is 1. The topological polar surface area (TPSA) is 75.2 Å². The lowest BCUT2D eigenvalue weighted by molar-refractivity contribution is -0.117. The number of amides is 2. The number of nitrogens with zero attached hydrogens (tertiary/aromatic N) is 3. The number of thioether (sulfide) groups is 1. The lowest BCUT2D eigenvalue weighted by atomic mass is 10.1. The lowest BCUT2D eigenvalue weighted by Crippen LogP contribution is -2.24. The fourth-order valence-corrected chi connectivity index (χ4v) is 5.07. The van der Waals surface area contributed by atoms with E-state index in [0.717, 1.165) is 26.7 Å². The minimum atomic E-state index is -0.120. The van der Waals surface area contributed by atoms with Gasteiger partial charge in [0, 0.05) is 29.5 Å². The molecular formula is C22H22N4O2S2. The molecule has 0 bridgehead atoms. The molecule has 1 atom stereocenters. The number of benzene rings is 2. The largest absolute Gasteiger partial charge is 0.312 e. The van der Waals surface area contributed by atoms with E-state index < -0.39 is 0 Å². The Bertz CT molecular complexity index is 1050. The summed E-state index contributed by atoms with van der Waals surface area (Å²) in [6.45, 7) is 4.64. The molecule has 2 aromatic carbocycles. The molecule has 2 heterocycles. The van der Waals surface area contributed by atoms with Crippen molar-refractivity contribution in [3.8, 4) is 0 Å². The zero-order valence-corrected chi connectivity index (χ0v) is 18.4. The molecule has 0 radical (unpaired) electrons. The number of aromatic nitrogens is 2. The maximum atomic E-state index is 12.6. The Labute approximate surface area is 183 Å². The van der Waals surface area contributed by atoms with Gasteiger partial charge in [0.1, 0.15) is 5.01 Å². The molecule has 3 aromatic rings. The van der Waals surface area contributed by atoms with Crippen molar-refractivity contribution >= 4 is 45.7 Å². The Kier molecular flexibility index (Phi) is 6.15. The highest BCUT2D eigenvalue weighted by Gasteiger charge is 2.34. The summed E-state index contributed by atoms with van der Waals surface area (Å²) in [5.41, 5.74) is 3.20. The van der Waals surface area contributed by atoms with E-state index in [1.165, 1.54) is 23.1 Å². The van der Waals surface area contributed by atoms with Crippen LogP contribution in [0, 0.1) is 13.8 Å². The first-order valence-corrected chi connectivity index (χ1v) is 11.5. The maximum Gasteiger partial charge on any atom is 0.236 e. The van der Waals surface area contributed by atoms with Crippen LogP contribution in [-0.4, -0.2) is 34.3 Å². The van der Waals surface area contributed by atoms with Gasteiger partial charge >= 0.3 is 0 Å². The monoisotopic (exact) mass is 438 g/mol. The van der Waals surface area contributed by atoms with Crippen molar-refractivity contribution in [3.05, 3.63) is 64.7 Å². The molecule has 0 saturated carbocycles. The van der Waals surface area contributed by atoms with Crippen LogP contribution >= 0.6 is 23.1 Å². The number of rotatable bonds is 6. The van der Waals surface area contributed by atoms with Gasteiger partial charge in [-0.05, 0) is 49.2 Å². The first-order chi connectivity index (χ1) is 14.5. The van der Waals surface area contributed by atoms with Crippen molar-refractivity contribution in [2.75, 3.05) is 22.5 Å². The van der Waals surface area contributed by atoms with E-state index in [1.807, 2.05) is 61.2 Å². The van der Waals surface area contributed by atoms with Crippen LogP contribution in [0.5, 0.6) is 0 Å². The average Bonchev–Trinajstić information content (AvgIpc) is 3.33. The second-order valence-electron chi connectivity index (χ2n) is 7.35. The normalized spacial score (nSPS) is 16.1. The minimum Gasteiger partial charge on any atom is -0.312 e. The quantitative estimate of drug-likeness (QED) is 0.577. The van der Waals surface area contributed by atoms with Crippen molar-refractivity contribution < 1.29 is 9.59 Å². The third-order valence-corrected chi connectivity index (χ3v) is 6.81. The smallest absolute Gasteiger partial charge is 0.236 e. The Hall–Kier alpha value is -2.71. The summed E-state index contributed by atoms with van der Waals surface area (Å²) in [5.74, 6) is 0.262. The molecule has 6 nitrogen and oxygen atoms in total. The van der Waals surface area contributed by atoms with E-state index in [4.69, 9.17) is 0 Å². The Morgan fingerprint density at radius 2 is 1.90 bits per heavy atom. The molecule has 0 spiro atoms. The number of anilines is 2. The van der Waals surface area contributed by atoms with Crippen molar-refractivity contribution in [1.82, 2.24) is 10.2 Å². The molecule has 1 aromatic heterocycles. The summed E-state index contributed by atoms with van der Waals surface area (Å²) in [5, 5.41) is 12.4. The summed E-state index contributed by atoms with van der Waals surface area (Å²) < 4.78 is 0. The molecule has 1 N–H and O–H groups in total. The van der Waals surface area contributed by atoms with Crippen LogP contribution in [0.3, 0.4) is 0 Å². The maximum absolute atomic E-state index is 12.6. The van der Waals surface area contributed by atoms with Gasteiger partial charge in [-0.1, -0.05) is 35.6 Å². The van der Waals surface area contributed by atoms with Gasteiger partial charge in [-0.15, -0.1) is 22.0 Å². The zero-order chi connectivity index (χ0) is 21.1. The molecule has 1 aliphatic heterocycles. The van der Waals surface area contributed by atoms with Crippen molar-refractivity contribution in [1.29, 1.82) is 0 Å². The Balaban J connectivity index is 1.37. The first-order valence-electron chi connectivity index (χ1n) is 9.67. The van der Waals surface area contributed by atoms with Crippen LogP contribution in [0.1, 0.15) is 28.5 Å². The van der Waals surface area contributed by atoms with Gasteiger partial charge in [0.25, 0.3) is 0 Å². The summed E-state index contributed by atoms with van der Waals surface area (Å²) >= 11 is 2.82. The molecule has 154 valence electrons. The van der Waals surface area contributed by atoms with E-state index in [9.17, 15) is 9.59 Å². The molecule has 1 saturated heterocycles. The van der Waals surface area contributed by atoms with E-state index in [2.05, 4.69) is 21.6 Å². The van der Waals surface area contributed by atoms with E-state index in [1.54, 1.807) is 0 Å². The molecule has 1 unspecified atom stereocenters. The fourth-order valence-electron chi connectivity index (χ4n) is 3.50. The predicted octanol–water partition coefficient (Wildman–Crippen LogP) is 4.41. The molecular weight excluding hydrogens is 416 g/mol. The van der Waals surface area contributed by atoms with Crippen LogP contribution in [0.15, 0.2) is 53.4 Å². The molecule has 30 heavy (non-hydrogen) atoms. The molecule has 8 heteroatoms. The average molecular weight is 439 g/mol. The van der Waals surface area contributed by atoms with Crippen molar-refractivity contribution in [3.63, 3.8) is 0 Å². The molecule has 4 rings (SSSR count). The van der Waals surface area contributed by atoms with Crippen LogP contribution in [0.2, 0.25) is 0 Å². The van der Waals surface area contributed by atoms with Crippen LogP contribution in [0.25, 0.3) is 0 Å². The number of carbonyl (C=O) groups excluding carboxylic acids is 2. The van der Waals surface area contributed by atoms with Gasteiger partial charge in [0.15, 0.2) is 0 Å². The standard InChI is InChI=1S/C22H22N4O2S2/c1-14-8-15(2)10-17(9-14)26-12-16(11-20(26)28)21-24-25-22(30-21)23-19(27)13-29-18-6-4-3-5-7-18/h3-10,16H,11-13H2,1-2H3,(H,23,25,27).